The Labute approximate surface area is 152 Å². The van der Waals surface area contributed by atoms with Crippen LogP contribution >= 0.6 is 0 Å². The van der Waals surface area contributed by atoms with Gasteiger partial charge in [-0.1, -0.05) is 30.3 Å². The minimum absolute atomic E-state index is 0.413. The highest BCUT2D eigenvalue weighted by Crippen LogP contribution is 2.47. The van der Waals surface area contributed by atoms with Crippen molar-refractivity contribution in [1.29, 1.82) is 0 Å². The maximum absolute atomic E-state index is 5.09. The normalized spacial score (nSPS) is 16.1. The third kappa shape index (κ3) is 7.45. The van der Waals surface area contributed by atoms with Crippen LogP contribution in [0.1, 0.15) is 24.8 Å². The van der Waals surface area contributed by atoms with E-state index in [1.165, 1.54) is 18.4 Å². The van der Waals surface area contributed by atoms with E-state index in [2.05, 4.69) is 57.9 Å². The Bertz CT molecular complexity index is 514. The summed E-state index contributed by atoms with van der Waals surface area (Å²) in [7, 11) is 5.74. The van der Waals surface area contributed by atoms with E-state index in [9.17, 15) is 0 Å². The monoisotopic (exact) mass is 346 g/mol. The van der Waals surface area contributed by atoms with E-state index in [1.54, 1.807) is 7.11 Å². The smallest absolute Gasteiger partial charge is 0.191 e. The zero-order valence-electron chi connectivity index (χ0n) is 16.1. The van der Waals surface area contributed by atoms with Gasteiger partial charge in [-0.3, -0.25) is 4.99 Å². The summed E-state index contributed by atoms with van der Waals surface area (Å²) in [5, 5.41) is 6.94. The third-order valence-corrected chi connectivity index (χ3v) is 4.91. The summed E-state index contributed by atoms with van der Waals surface area (Å²) >= 11 is 0. The van der Waals surface area contributed by atoms with Crippen LogP contribution in [0.15, 0.2) is 35.3 Å². The highest BCUT2D eigenvalue weighted by atomic mass is 16.5. The van der Waals surface area contributed by atoms with Gasteiger partial charge in [0.15, 0.2) is 5.96 Å². The molecule has 0 aliphatic heterocycles. The first-order valence-electron chi connectivity index (χ1n) is 9.33. The van der Waals surface area contributed by atoms with Gasteiger partial charge >= 0.3 is 0 Å². The van der Waals surface area contributed by atoms with E-state index >= 15 is 0 Å². The summed E-state index contributed by atoms with van der Waals surface area (Å²) in [6.07, 6.45) is 4.82. The Hall–Kier alpha value is -1.59. The van der Waals surface area contributed by atoms with Gasteiger partial charge in [-0.15, -0.1) is 0 Å². The molecule has 1 aromatic rings. The Morgan fingerprint density at radius 2 is 1.96 bits per heavy atom. The number of hydrogen-bond donors (Lipinski definition) is 2. The largest absolute Gasteiger partial charge is 0.385 e. The lowest BCUT2D eigenvalue weighted by atomic mass is 9.96. The Kier molecular flexibility index (Phi) is 8.22. The van der Waals surface area contributed by atoms with Crippen molar-refractivity contribution in [1.82, 2.24) is 15.5 Å². The van der Waals surface area contributed by atoms with Crippen molar-refractivity contribution in [2.24, 2.45) is 10.4 Å². The average Bonchev–Trinajstić information content (AvgIpc) is 3.38. The van der Waals surface area contributed by atoms with E-state index < -0.39 is 0 Å². The molecule has 1 saturated carbocycles. The number of likely N-dealkylation sites (N-methyl/N-ethyl adjacent to an activating group) is 1. The number of ether oxygens (including phenoxy) is 1. The Morgan fingerprint density at radius 1 is 1.20 bits per heavy atom. The second kappa shape index (κ2) is 10.4. The molecule has 0 spiro atoms. The van der Waals surface area contributed by atoms with Crippen molar-refractivity contribution in [3.63, 3.8) is 0 Å². The van der Waals surface area contributed by atoms with Crippen LogP contribution in [0.3, 0.4) is 0 Å². The first kappa shape index (κ1) is 19.7. The molecule has 1 aliphatic rings. The van der Waals surface area contributed by atoms with Crippen molar-refractivity contribution in [2.45, 2.75) is 25.7 Å². The van der Waals surface area contributed by atoms with Gasteiger partial charge in [0, 0.05) is 46.9 Å². The first-order valence-corrected chi connectivity index (χ1v) is 9.33. The van der Waals surface area contributed by atoms with Crippen LogP contribution in [0.2, 0.25) is 0 Å². The molecule has 0 saturated heterocycles. The molecule has 0 atom stereocenters. The molecule has 0 bridgehead atoms. The number of guanidine groups is 1. The molecular formula is C20H34N4O. The molecule has 0 heterocycles. The summed E-state index contributed by atoms with van der Waals surface area (Å²) in [5.74, 6) is 0.907. The topological polar surface area (TPSA) is 48.9 Å². The van der Waals surface area contributed by atoms with Crippen molar-refractivity contribution in [2.75, 3.05) is 54.0 Å². The maximum atomic E-state index is 5.09. The molecule has 1 fully saturated rings. The molecule has 5 heteroatoms. The number of rotatable bonds is 11. The van der Waals surface area contributed by atoms with Crippen LogP contribution in [0.4, 0.5) is 0 Å². The first-order chi connectivity index (χ1) is 12.2. The van der Waals surface area contributed by atoms with Gasteiger partial charge in [-0.05, 0) is 43.7 Å². The molecule has 2 N–H and O–H groups in total. The zero-order valence-corrected chi connectivity index (χ0v) is 16.1. The minimum atomic E-state index is 0.413. The lowest BCUT2D eigenvalue weighted by molar-refractivity contribution is 0.180. The van der Waals surface area contributed by atoms with Crippen LogP contribution in [0, 0.1) is 5.41 Å². The Morgan fingerprint density at radius 3 is 2.60 bits per heavy atom. The summed E-state index contributed by atoms with van der Waals surface area (Å²) in [6, 6.07) is 10.8. The summed E-state index contributed by atoms with van der Waals surface area (Å²) in [4.78, 5) is 6.67. The van der Waals surface area contributed by atoms with Gasteiger partial charge in [0.25, 0.3) is 0 Å². The number of nitrogens with zero attached hydrogens (tertiary/aromatic N) is 2. The van der Waals surface area contributed by atoms with Gasteiger partial charge in [0.1, 0.15) is 0 Å². The molecule has 0 amide bonds. The summed E-state index contributed by atoms with van der Waals surface area (Å²) in [6.45, 7) is 4.77. The lowest BCUT2D eigenvalue weighted by Crippen LogP contribution is -2.43. The molecule has 1 aliphatic carbocycles. The van der Waals surface area contributed by atoms with Gasteiger partial charge in [-0.25, -0.2) is 0 Å². The second-order valence-corrected chi connectivity index (χ2v) is 7.16. The number of nitrogens with one attached hydrogen (secondary N) is 2. The van der Waals surface area contributed by atoms with Crippen LogP contribution in [-0.4, -0.2) is 64.9 Å². The number of benzene rings is 1. The fourth-order valence-corrected chi connectivity index (χ4v) is 3.07. The standard InChI is InChI=1S/C20H34N4O/c1-21-19(22-12-14-24(2)13-7-15-25-3)23-17-20(10-11-20)16-18-8-5-4-6-9-18/h4-6,8-9H,7,10-17H2,1-3H3,(H2,21,22,23). The lowest BCUT2D eigenvalue weighted by Gasteiger charge is -2.20. The average molecular weight is 347 g/mol. The second-order valence-electron chi connectivity index (χ2n) is 7.16. The predicted molar refractivity (Wildman–Crippen MR) is 105 cm³/mol. The van der Waals surface area contributed by atoms with E-state index in [0.29, 0.717) is 5.41 Å². The summed E-state index contributed by atoms with van der Waals surface area (Å²) < 4.78 is 5.09. The van der Waals surface area contributed by atoms with Gasteiger partial charge in [0.05, 0.1) is 0 Å². The number of hydrogen-bond acceptors (Lipinski definition) is 3. The zero-order chi connectivity index (χ0) is 18.0. The molecule has 0 unspecified atom stereocenters. The maximum Gasteiger partial charge on any atom is 0.191 e. The van der Waals surface area contributed by atoms with Crippen molar-refractivity contribution in [3.05, 3.63) is 35.9 Å². The third-order valence-electron chi connectivity index (χ3n) is 4.91. The number of aliphatic imine (C=N–C) groups is 1. The van der Waals surface area contributed by atoms with Crippen LogP contribution in [-0.2, 0) is 11.2 Å². The highest BCUT2D eigenvalue weighted by molar-refractivity contribution is 5.79. The van der Waals surface area contributed by atoms with E-state index in [-0.39, 0.29) is 0 Å². The van der Waals surface area contributed by atoms with E-state index in [4.69, 9.17) is 4.74 Å². The summed E-state index contributed by atoms with van der Waals surface area (Å²) in [5.41, 5.74) is 1.85. The highest BCUT2D eigenvalue weighted by Gasteiger charge is 2.42. The molecule has 1 aromatic carbocycles. The van der Waals surface area contributed by atoms with Crippen molar-refractivity contribution >= 4 is 5.96 Å². The molecular weight excluding hydrogens is 312 g/mol. The van der Waals surface area contributed by atoms with Crippen molar-refractivity contribution in [3.8, 4) is 0 Å². The minimum Gasteiger partial charge on any atom is -0.385 e. The molecule has 0 radical (unpaired) electrons. The van der Waals surface area contributed by atoms with Gasteiger partial charge in [-0.2, -0.15) is 0 Å². The number of methoxy groups -OCH3 is 1. The van der Waals surface area contributed by atoms with Crippen molar-refractivity contribution < 1.29 is 4.74 Å². The van der Waals surface area contributed by atoms with Crippen LogP contribution in [0.25, 0.3) is 0 Å². The van der Waals surface area contributed by atoms with E-state index in [0.717, 1.165) is 51.6 Å². The fraction of sp³-hybridized carbons (Fsp3) is 0.650. The predicted octanol–water partition coefficient (Wildman–Crippen LogP) is 2.14. The fourth-order valence-electron chi connectivity index (χ4n) is 3.07. The SMILES string of the molecule is CN=C(NCCN(C)CCCOC)NCC1(Cc2ccccc2)CC1. The van der Waals surface area contributed by atoms with Gasteiger partial charge in [0.2, 0.25) is 0 Å². The molecule has 0 aromatic heterocycles. The van der Waals surface area contributed by atoms with Gasteiger partial charge < -0.3 is 20.3 Å². The Balaban J connectivity index is 1.65. The molecule has 140 valence electrons. The quantitative estimate of drug-likeness (QED) is 0.366. The molecule has 25 heavy (non-hydrogen) atoms. The molecule has 2 rings (SSSR count). The van der Waals surface area contributed by atoms with Crippen LogP contribution in [0.5, 0.6) is 0 Å². The molecule has 5 nitrogen and oxygen atoms in total. The van der Waals surface area contributed by atoms with E-state index in [1.807, 2.05) is 7.05 Å². The van der Waals surface area contributed by atoms with Crippen LogP contribution < -0.4 is 10.6 Å².